The van der Waals surface area contributed by atoms with Gasteiger partial charge in [0, 0.05) is 42.2 Å². The van der Waals surface area contributed by atoms with E-state index in [1.807, 2.05) is 35.7 Å². The van der Waals surface area contributed by atoms with Crippen molar-refractivity contribution in [2.24, 2.45) is 17.8 Å². The van der Waals surface area contributed by atoms with Crippen LogP contribution in [0.1, 0.15) is 57.8 Å². The van der Waals surface area contributed by atoms with Crippen LogP contribution in [0.5, 0.6) is 0 Å². The molecule has 8 nitrogen and oxygen atoms in total. The number of carboxylic acid groups (broad SMARTS) is 1. The van der Waals surface area contributed by atoms with Crippen LogP contribution in [0.25, 0.3) is 22.4 Å². The van der Waals surface area contributed by atoms with Crippen molar-refractivity contribution in [1.29, 1.82) is 0 Å². The van der Waals surface area contributed by atoms with Gasteiger partial charge in [-0.1, -0.05) is 56.4 Å². The molecule has 1 aliphatic carbocycles. The summed E-state index contributed by atoms with van der Waals surface area (Å²) in [5, 5.41) is 12.3. The molecule has 2 amide bonds. The van der Waals surface area contributed by atoms with Crippen molar-refractivity contribution in [1.82, 2.24) is 9.97 Å². The topological polar surface area (TPSA) is 104 Å². The van der Waals surface area contributed by atoms with Gasteiger partial charge in [0.25, 0.3) is 5.91 Å². The number of nitrogens with zero attached hydrogens (tertiary/aromatic N) is 4. The summed E-state index contributed by atoms with van der Waals surface area (Å²) in [4.78, 5) is 50.4. The van der Waals surface area contributed by atoms with Gasteiger partial charge in [-0.3, -0.25) is 24.2 Å². The monoisotopic (exact) mass is 590 g/mol. The molecule has 2 saturated heterocycles. The predicted molar refractivity (Wildman–Crippen MR) is 160 cm³/mol. The molecule has 220 valence electrons. The Hall–Kier alpha value is -3.66. The molecule has 4 heterocycles. The fourth-order valence-electron chi connectivity index (χ4n) is 6.96. The largest absolute Gasteiger partial charge is 0.481 e. The number of thiazole rings is 1. The lowest BCUT2D eigenvalue weighted by Crippen LogP contribution is -2.44. The Bertz CT molecular complexity index is 1450. The third-order valence-electron chi connectivity index (χ3n) is 9.07. The fourth-order valence-corrected chi connectivity index (χ4v) is 7.82. The standard InChI is InChI=1S/C32H35FN4O4S/c33-26-14-16-36(31(26)41)28-13-12-21(18-34-28)23-9-3-4-11-24(23)27-19-42-32(35-27)37-15-6-5-10-22(20-7-1-2-8-20)25(30(37)40)17-29(38)39/h3-4,9,11-13,18-20,22,25-26H,1-2,5-8,10,14-17H2,(H,38,39)/t22-,25?,26+/m1/s1. The van der Waals surface area contributed by atoms with Gasteiger partial charge in [-0.25, -0.2) is 14.4 Å². The molecule has 0 radical (unpaired) electrons. The van der Waals surface area contributed by atoms with Gasteiger partial charge in [-0.05, 0) is 42.4 Å². The summed E-state index contributed by atoms with van der Waals surface area (Å²) in [6, 6.07) is 11.4. The average Bonchev–Trinajstić information content (AvgIpc) is 3.76. The Morgan fingerprint density at radius 3 is 2.38 bits per heavy atom. The summed E-state index contributed by atoms with van der Waals surface area (Å²) in [6.45, 7) is 0.843. The van der Waals surface area contributed by atoms with Gasteiger partial charge in [0.1, 0.15) is 5.82 Å². The number of anilines is 2. The lowest BCUT2D eigenvalue weighted by atomic mass is 9.74. The number of pyridine rings is 1. The second kappa shape index (κ2) is 12.3. The Morgan fingerprint density at radius 1 is 0.929 bits per heavy atom. The van der Waals surface area contributed by atoms with Crippen LogP contribution in [0.3, 0.4) is 0 Å². The summed E-state index contributed by atoms with van der Waals surface area (Å²) in [7, 11) is 0. The quantitative estimate of drug-likeness (QED) is 0.343. The SMILES string of the molecule is O=C(O)CC1C(=O)N(c2nc(-c3ccccc3-c3ccc(N4CC[C@H](F)C4=O)nc3)cs2)CCCC[C@@H]1C1CCCC1. The Kier molecular flexibility index (Phi) is 8.33. The molecule has 42 heavy (non-hydrogen) atoms. The second-order valence-electron chi connectivity index (χ2n) is 11.6. The summed E-state index contributed by atoms with van der Waals surface area (Å²) >= 11 is 1.40. The van der Waals surface area contributed by atoms with Gasteiger partial charge < -0.3 is 5.11 Å². The number of hydrogen-bond acceptors (Lipinski definition) is 6. The number of hydrogen-bond donors (Lipinski definition) is 1. The van der Waals surface area contributed by atoms with Crippen LogP contribution in [0.15, 0.2) is 48.0 Å². The van der Waals surface area contributed by atoms with E-state index in [1.54, 1.807) is 17.2 Å². The van der Waals surface area contributed by atoms with Gasteiger partial charge in [0.05, 0.1) is 18.0 Å². The van der Waals surface area contributed by atoms with Crippen LogP contribution in [0, 0.1) is 17.8 Å². The van der Waals surface area contributed by atoms with E-state index in [-0.39, 0.29) is 24.7 Å². The Morgan fingerprint density at radius 2 is 1.69 bits per heavy atom. The molecule has 1 saturated carbocycles. The Labute approximate surface area is 248 Å². The lowest BCUT2D eigenvalue weighted by Gasteiger charge is -2.35. The number of carboxylic acids is 1. The summed E-state index contributed by atoms with van der Waals surface area (Å²) in [5.41, 5.74) is 3.33. The van der Waals surface area contributed by atoms with Crippen molar-refractivity contribution in [3.05, 3.63) is 48.0 Å². The number of aliphatic carboxylic acids is 1. The molecule has 10 heteroatoms. The molecule has 1 unspecified atom stereocenters. The van der Waals surface area contributed by atoms with Gasteiger partial charge >= 0.3 is 5.97 Å². The van der Waals surface area contributed by atoms with E-state index in [0.29, 0.717) is 30.0 Å². The molecule has 2 aromatic heterocycles. The van der Waals surface area contributed by atoms with Crippen molar-refractivity contribution < 1.29 is 23.9 Å². The summed E-state index contributed by atoms with van der Waals surface area (Å²) in [5.74, 6) is -1.19. The van der Waals surface area contributed by atoms with Crippen molar-refractivity contribution in [2.75, 3.05) is 22.9 Å². The zero-order chi connectivity index (χ0) is 29.2. The first kappa shape index (κ1) is 28.5. The first-order valence-electron chi connectivity index (χ1n) is 14.9. The highest BCUT2D eigenvalue weighted by atomic mass is 32.1. The minimum atomic E-state index is -1.47. The minimum Gasteiger partial charge on any atom is -0.481 e. The highest BCUT2D eigenvalue weighted by molar-refractivity contribution is 7.14. The van der Waals surface area contributed by atoms with Gasteiger partial charge in [-0.15, -0.1) is 11.3 Å². The van der Waals surface area contributed by atoms with Crippen molar-refractivity contribution in [2.45, 2.75) is 64.0 Å². The van der Waals surface area contributed by atoms with E-state index in [0.717, 1.165) is 67.3 Å². The third-order valence-corrected chi connectivity index (χ3v) is 9.93. The van der Waals surface area contributed by atoms with E-state index in [4.69, 9.17) is 4.98 Å². The fraction of sp³-hybridized carbons (Fsp3) is 0.469. The number of amides is 2. The van der Waals surface area contributed by atoms with Crippen LogP contribution in [-0.2, 0) is 14.4 Å². The number of carbonyl (C=O) groups excluding carboxylic acids is 2. The number of aromatic nitrogens is 2. The third kappa shape index (κ3) is 5.69. The van der Waals surface area contributed by atoms with Gasteiger partial charge in [-0.2, -0.15) is 0 Å². The van der Waals surface area contributed by atoms with E-state index in [2.05, 4.69) is 4.98 Å². The molecule has 0 spiro atoms. The zero-order valence-corrected chi connectivity index (χ0v) is 24.3. The number of rotatable bonds is 7. The van der Waals surface area contributed by atoms with Crippen LogP contribution in [0.2, 0.25) is 0 Å². The van der Waals surface area contributed by atoms with E-state index in [1.165, 1.54) is 16.2 Å². The lowest BCUT2D eigenvalue weighted by molar-refractivity contribution is -0.142. The van der Waals surface area contributed by atoms with Crippen molar-refractivity contribution in [3.8, 4) is 22.4 Å². The van der Waals surface area contributed by atoms with Gasteiger partial charge in [0.2, 0.25) is 5.91 Å². The second-order valence-corrected chi connectivity index (χ2v) is 12.4. The molecular formula is C32H35FN4O4S. The average molecular weight is 591 g/mol. The normalized spacial score (nSPS) is 23.8. The van der Waals surface area contributed by atoms with Crippen LogP contribution in [-0.4, -0.2) is 52.1 Å². The highest BCUT2D eigenvalue weighted by Crippen LogP contribution is 2.42. The molecule has 3 aliphatic rings. The molecular weight excluding hydrogens is 555 g/mol. The predicted octanol–water partition coefficient (Wildman–Crippen LogP) is 6.36. The van der Waals surface area contributed by atoms with E-state index in [9.17, 15) is 23.9 Å². The van der Waals surface area contributed by atoms with Crippen molar-refractivity contribution in [3.63, 3.8) is 0 Å². The summed E-state index contributed by atoms with van der Waals surface area (Å²) in [6.07, 6.45) is 7.44. The molecule has 2 aliphatic heterocycles. The highest BCUT2D eigenvalue weighted by Gasteiger charge is 2.40. The first-order chi connectivity index (χ1) is 20.4. The molecule has 6 rings (SSSR count). The summed E-state index contributed by atoms with van der Waals surface area (Å²) < 4.78 is 13.7. The van der Waals surface area contributed by atoms with Crippen LogP contribution >= 0.6 is 11.3 Å². The molecule has 1 aromatic carbocycles. The minimum absolute atomic E-state index is 0.0983. The number of halogens is 1. The number of alkyl halides is 1. The van der Waals surface area contributed by atoms with E-state index < -0.39 is 24.0 Å². The van der Waals surface area contributed by atoms with Gasteiger partial charge in [0.15, 0.2) is 11.3 Å². The van der Waals surface area contributed by atoms with E-state index >= 15 is 0 Å². The maximum absolute atomic E-state index is 14.0. The molecule has 3 aromatic rings. The maximum atomic E-state index is 14.0. The molecule has 3 atom stereocenters. The van der Waals surface area contributed by atoms with Crippen molar-refractivity contribution >= 4 is 40.1 Å². The molecule has 1 N–H and O–H groups in total. The van der Waals surface area contributed by atoms with Crippen LogP contribution < -0.4 is 9.80 Å². The number of benzene rings is 1. The number of carbonyl (C=O) groups is 3. The molecule has 0 bridgehead atoms. The maximum Gasteiger partial charge on any atom is 0.304 e. The van der Waals surface area contributed by atoms with Crippen LogP contribution in [0.4, 0.5) is 15.3 Å². The zero-order valence-electron chi connectivity index (χ0n) is 23.5. The smallest absolute Gasteiger partial charge is 0.304 e. The molecule has 3 fully saturated rings. The Balaban J connectivity index is 1.27. The first-order valence-corrected chi connectivity index (χ1v) is 15.8.